The Labute approximate surface area is 166 Å². The van der Waals surface area contributed by atoms with Crippen LogP contribution in [-0.2, 0) is 4.79 Å². The number of anilines is 1. The molecule has 0 radical (unpaired) electrons. The van der Waals surface area contributed by atoms with Crippen LogP contribution in [0.1, 0.15) is 0 Å². The van der Waals surface area contributed by atoms with Gasteiger partial charge in [0, 0.05) is 0 Å². The molecular formula is C22H17N5O2. The van der Waals surface area contributed by atoms with Crippen LogP contribution in [-0.4, -0.2) is 27.2 Å². The Morgan fingerprint density at radius 3 is 2.59 bits per heavy atom. The summed E-state index contributed by atoms with van der Waals surface area (Å²) in [4.78, 5) is 30.1. The summed E-state index contributed by atoms with van der Waals surface area (Å²) in [5.74, 6) is -0.144. The van der Waals surface area contributed by atoms with Gasteiger partial charge in [-0.25, -0.2) is 15.0 Å². The third-order valence-corrected chi connectivity index (χ3v) is 5.05. The first-order chi connectivity index (χ1) is 14.2. The molecule has 0 spiro atoms. The van der Waals surface area contributed by atoms with Crippen molar-refractivity contribution in [2.75, 3.05) is 5.43 Å². The van der Waals surface area contributed by atoms with Gasteiger partial charge in [0.1, 0.15) is 5.71 Å². The molecule has 1 saturated heterocycles. The highest BCUT2D eigenvalue weighted by atomic mass is 16.2. The van der Waals surface area contributed by atoms with Crippen molar-refractivity contribution in [3.05, 3.63) is 89.3 Å². The lowest BCUT2D eigenvalue weighted by Crippen LogP contribution is -2.26. The third kappa shape index (κ3) is 2.93. The van der Waals surface area contributed by atoms with Crippen LogP contribution in [0.3, 0.4) is 0 Å². The molecule has 2 unspecified atom stereocenters. The number of allylic oxidation sites excluding steroid dienone is 2. The fourth-order valence-corrected chi connectivity index (χ4v) is 3.64. The molecule has 142 valence electrons. The van der Waals surface area contributed by atoms with Gasteiger partial charge in [0.15, 0.2) is 0 Å². The average molecular weight is 383 g/mol. The summed E-state index contributed by atoms with van der Waals surface area (Å²) in [5.41, 5.74) is 4.24. The standard InChI is InChI=1S/C22H17N5O2/c28-20-19(15-10-4-6-12-17(15)23-20)25-26-22-24-18-13-7-5-11-16(18)21(29)27(22)14-8-2-1-3-9-14/h1-13,15,17H,(H,23,28)(H,24,26)/b25-19+. The fraction of sp³-hybridized carbons (Fsp3) is 0.0909. The van der Waals surface area contributed by atoms with Crippen molar-refractivity contribution < 1.29 is 4.79 Å². The Morgan fingerprint density at radius 2 is 1.72 bits per heavy atom. The van der Waals surface area contributed by atoms with E-state index in [9.17, 15) is 9.59 Å². The Morgan fingerprint density at radius 1 is 0.966 bits per heavy atom. The zero-order valence-corrected chi connectivity index (χ0v) is 15.3. The first kappa shape index (κ1) is 17.1. The number of rotatable bonds is 3. The fourth-order valence-electron chi connectivity index (χ4n) is 3.64. The molecule has 2 N–H and O–H groups in total. The monoisotopic (exact) mass is 383 g/mol. The van der Waals surface area contributed by atoms with E-state index in [1.54, 1.807) is 18.2 Å². The largest absolute Gasteiger partial charge is 0.344 e. The lowest BCUT2D eigenvalue weighted by Gasteiger charge is -2.15. The second-order valence-electron chi connectivity index (χ2n) is 6.83. The van der Waals surface area contributed by atoms with Crippen LogP contribution in [0.25, 0.3) is 16.6 Å². The molecule has 0 saturated carbocycles. The normalized spacial score (nSPS) is 21.4. The molecule has 7 heteroatoms. The highest BCUT2D eigenvalue weighted by Gasteiger charge is 2.37. The average Bonchev–Trinajstić information content (AvgIpc) is 3.08. The quantitative estimate of drug-likeness (QED) is 0.680. The smallest absolute Gasteiger partial charge is 0.268 e. The highest BCUT2D eigenvalue weighted by Crippen LogP contribution is 2.22. The van der Waals surface area contributed by atoms with Gasteiger partial charge in [-0.3, -0.25) is 9.59 Å². The number of amides is 1. The molecule has 3 aromatic rings. The van der Waals surface area contributed by atoms with Crippen molar-refractivity contribution in [3.63, 3.8) is 0 Å². The van der Waals surface area contributed by atoms with E-state index in [1.807, 2.05) is 60.7 Å². The molecule has 7 nitrogen and oxygen atoms in total. The van der Waals surface area contributed by atoms with Crippen molar-refractivity contribution in [1.82, 2.24) is 14.9 Å². The van der Waals surface area contributed by atoms with Gasteiger partial charge in [-0.2, -0.15) is 5.10 Å². The number of aromatic nitrogens is 2. The Bertz CT molecular complexity index is 1260. The minimum absolute atomic E-state index is 0.103. The number of para-hydroxylation sites is 2. The number of fused-ring (bicyclic) bond motifs is 2. The van der Waals surface area contributed by atoms with E-state index in [0.29, 0.717) is 22.3 Å². The third-order valence-electron chi connectivity index (χ3n) is 5.05. The molecule has 1 aromatic heterocycles. The number of hydrazone groups is 1. The van der Waals surface area contributed by atoms with Gasteiger partial charge < -0.3 is 5.32 Å². The van der Waals surface area contributed by atoms with Gasteiger partial charge in [0.2, 0.25) is 5.95 Å². The van der Waals surface area contributed by atoms with Crippen molar-refractivity contribution in [1.29, 1.82) is 0 Å². The predicted molar refractivity (Wildman–Crippen MR) is 112 cm³/mol. The molecule has 1 amide bonds. The molecule has 2 atom stereocenters. The number of hydrogen-bond donors (Lipinski definition) is 2. The van der Waals surface area contributed by atoms with Crippen molar-refractivity contribution >= 4 is 28.5 Å². The van der Waals surface area contributed by atoms with Crippen molar-refractivity contribution in [2.24, 2.45) is 11.0 Å². The minimum atomic E-state index is -0.238. The summed E-state index contributed by atoms with van der Waals surface area (Å²) in [6, 6.07) is 16.3. The number of carbonyl (C=O) groups excluding carboxylic acids is 1. The van der Waals surface area contributed by atoms with E-state index in [4.69, 9.17) is 0 Å². The molecule has 29 heavy (non-hydrogen) atoms. The summed E-state index contributed by atoms with van der Waals surface area (Å²) in [6.45, 7) is 0. The molecule has 2 aromatic carbocycles. The zero-order valence-electron chi connectivity index (χ0n) is 15.3. The number of hydrogen-bond acceptors (Lipinski definition) is 5. The van der Waals surface area contributed by atoms with E-state index < -0.39 is 0 Å². The topological polar surface area (TPSA) is 88.4 Å². The van der Waals surface area contributed by atoms with E-state index >= 15 is 0 Å². The number of nitrogens with zero attached hydrogens (tertiary/aromatic N) is 3. The maximum atomic E-state index is 13.2. The maximum absolute atomic E-state index is 13.2. The molecule has 2 heterocycles. The lowest BCUT2D eigenvalue weighted by atomic mass is 9.95. The van der Waals surface area contributed by atoms with Gasteiger partial charge in [0.05, 0.1) is 28.6 Å². The van der Waals surface area contributed by atoms with Gasteiger partial charge in [-0.1, -0.05) is 54.6 Å². The van der Waals surface area contributed by atoms with Gasteiger partial charge in [0.25, 0.3) is 11.5 Å². The summed E-state index contributed by atoms with van der Waals surface area (Å²) in [7, 11) is 0. The SMILES string of the molecule is O=C1NC2C=CC=CC2/C1=N\Nc1nc2ccccc2c(=O)n1-c1ccccc1. The number of nitrogens with one attached hydrogen (secondary N) is 2. The molecule has 1 aliphatic heterocycles. The van der Waals surface area contributed by atoms with Crippen LogP contribution < -0.4 is 16.3 Å². The molecular weight excluding hydrogens is 366 g/mol. The Kier molecular flexibility index (Phi) is 4.05. The molecule has 0 bridgehead atoms. The molecule has 1 aliphatic carbocycles. The van der Waals surface area contributed by atoms with Crippen LogP contribution in [0.4, 0.5) is 5.95 Å². The first-order valence-electron chi connectivity index (χ1n) is 9.29. The summed E-state index contributed by atoms with van der Waals surface area (Å²) in [6.07, 6.45) is 7.65. The van der Waals surface area contributed by atoms with Gasteiger partial charge in [-0.15, -0.1) is 0 Å². The zero-order chi connectivity index (χ0) is 19.8. The van der Waals surface area contributed by atoms with Crippen LogP contribution in [0.15, 0.2) is 88.8 Å². The number of benzene rings is 2. The van der Waals surface area contributed by atoms with Crippen LogP contribution in [0.5, 0.6) is 0 Å². The second-order valence-corrected chi connectivity index (χ2v) is 6.83. The first-order valence-corrected chi connectivity index (χ1v) is 9.29. The van der Waals surface area contributed by atoms with Crippen molar-refractivity contribution in [2.45, 2.75) is 6.04 Å². The van der Waals surface area contributed by atoms with Gasteiger partial charge in [-0.05, 0) is 24.3 Å². The Hall–Kier alpha value is -4.00. The van der Waals surface area contributed by atoms with Crippen molar-refractivity contribution in [3.8, 4) is 5.69 Å². The van der Waals surface area contributed by atoms with E-state index in [2.05, 4.69) is 20.8 Å². The van der Waals surface area contributed by atoms with Crippen LogP contribution in [0, 0.1) is 5.92 Å². The van der Waals surface area contributed by atoms with Crippen LogP contribution in [0.2, 0.25) is 0 Å². The highest BCUT2D eigenvalue weighted by molar-refractivity contribution is 6.42. The van der Waals surface area contributed by atoms with Gasteiger partial charge >= 0.3 is 0 Å². The van der Waals surface area contributed by atoms with Crippen LogP contribution >= 0.6 is 0 Å². The minimum Gasteiger partial charge on any atom is -0.344 e. The predicted octanol–water partition coefficient (Wildman–Crippen LogP) is 2.39. The van der Waals surface area contributed by atoms with E-state index in [-0.39, 0.29) is 29.4 Å². The lowest BCUT2D eigenvalue weighted by molar-refractivity contribution is -0.114. The summed E-state index contributed by atoms with van der Waals surface area (Å²) < 4.78 is 1.47. The maximum Gasteiger partial charge on any atom is 0.268 e. The van der Waals surface area contributed by atoms with E-state index in [0.717, 1.165) is 0 Å². The molecule has 1 fully saturated rings. The summed E-state index contributed by atoms with van der Waals surface area (Å²) in [5, 5.41) is 7.74. The second kappa shape index (κ2) is 6.87. The molecule has 5 rings (SSSR count). The summed E-state index contributed by atoms with van der Waals surface area (Å²) >= 11 is 0. The molecule has 2 aliphatic rings. The van der Waals surface area contributed by atoms with E-state index in [1.165, 1.54) is 4.57 Å². The Balaban J connectivity index is 1.63. The number of carbonyl (C=O) groups is 1.